The van der Waals surface area contributed by atoms with E-state index in [4.69, 9.17) is 11.6 Å². The summed E-state index contributed by atoms with van der Waals surface area (Å²) in [5.41, 5.74) is -1.25. The maximum Gasteiger partial charge on any atom is 0.416 e. The molecule has 1 atom stereocenters. The van der Waals surface area contributed by atoms with Crippen molar-refractivity contribution in [2.75, 3.05) is 26.2 Å². The lowest BCUT2D eigenvalue weighted by Crippen LogP contribution is -2.46. The Bertz CT molecular complexity index is 540. The normalized spacial score (nSPS) is 18.4. The van der Waals surface area contributed by atoms with Gasteiger partial charge in [-0.05, 0) is 24.5 Å². The second-order valence-corrected chi connectivity index (χ2v) is 6.66. The summed E-state index contributed by atoms with van der Waals surface area (Å²) in [6.07, 6.45) is -4.16. The lowest BCUT2D eigenvalue weighted by atomic mass is 9.91. The molecule has 1 heterocycles. The molecule has 0 unspecified atom stereocenters. The van der Waals surface area contributed by atoms with Crippen molar-refractivity contribution < 1.29 is 17.6 Å². The van der Waals surface area contributed by atoms with Gasteiger partial charge in [-0.15, -0.1) is 0 Å². The van der Waals surface area contributed by atoms with Crippen LogP contribution in [0.25, 0.3) is 0 Å². The number of hydrogen-bond donors (Lipinski definition) is 1. The molecule has 0 bridgehead atoms. The summed E-state index contributed by atoms with van der Waals surface area (Å²) >= 11 is 5.78. The van der Waals surface area contributed by atoms with Crippen molar-refractivity contribution in [1.29, 1.82) is 0 Å². The van der Waals surface area contributed by atoms with Gasteiger partial charge in [0.25, 0.3) is 0 Å². The minimum atomic E-state index is -4.61. The van der Waals surface area contributed by atoms with Crippen LogP contribution in [0.15, 0.2) is 12.1 Å². The number of benzene rings is 1. The fourth-order valence-electron chi connectivity index (χ4n) is 3.03. The summed E-state index contributed by atoms with van der Waals surface area (Å²) in [4.78, 5) is 1.92. The van der Waals surface area contributed by atoms with Crippen LogP contribution in [0.2, 0.25) is 5.02 Å². The Morgan fingerprint density at radius 2 is 1.83 bits per heavy atom. The molecule has 0 radical (unpaired) electrons. The topological polar surface area (TPSA) is 15.3 Å². The highest BCUT2D eigenvalue weighted by Crippen LogP contribution is 2.41. The summed E-state index contributed by atoms with van der Waals surface area (Å²) in [7, 11) is 0. The van der Waals surface area contributed by atoms with Gasteiger partial charge < -0.3 is 5.32 Å². The van der Waals surface area contributed by atoms with E-state index in [1.165, 1.54) is 0 Å². The SMILES string of the molecule is CC(C)C[C@@H](c1c(C(F)(F)F)ccc(Cl)c1F)N1CCNCC1. The first-order valence-electron chi connectivity index (χ1n) is 7.71. The Labute approximate surface area is 138 Å². The van der Waals surface area contributed by atoms with E-state index in [-0.39, 0.29) is 16.5 Å². The van der Waals surface area contributed by atoms with Gasteiger partial charge in [0.05, 0.1) is 10.6 Å². The third-order valence-corrected chi connectivity index (χ3v) is 4.35. The van der Waals surface area contributed by atoms with E-state index in [2.05, 4.69) is 5.32 Å². The molecule has 1 fully saturated rings. The number of halogens is 5. The Morgan fingerprint density at radius 1 is 1.22 bits per heavy atom. The van der Waals surface area contributed by atoms with Crippen LogP contribution in [-0.4, -0.2) is 31.1 Å². The molecule has 7 heteroatoms. The van der Waals surface area contributed by atoms with Crippen molar-refractivity contribution in [3.8, 4) is 0 Å². The molecule has 23 heavy (non-hydrogen) atoms. The minimum absolute atomic E-state index is 0.134. The number of rotatable bonds is 4. The molecule has 1 aromatic carbocycles. The first-order chi connectivity index (χ1) is 10.7. The zero-order chi connectivity index (χ0) is 17.2. The van der Waals surface area contributed by atoms with Crippen molar-refractivity contribution in [2.45, 2.75) is 32.5 Å². The summed E-state index contributed by atoms with van der Waals surface area (Å²) < 4.78 is 54.7. The van der Waals surface area contributed by atoms with Crippen LogP contribution >= 0.6 is 11.6 Å². The Hall–Kier alpha value is -0.850. The highest BCUT2D eigenvalue weighted by Gasteiger charge is 2.39. The third-order valence-electron chi connectivity index (χ3n) is 4.06. The molecule has 2 nitrogen and oxygen atoms in total. The summed E-state index contributed by atoms with van der Waals surface area (Å²) in [6.45, 7) is 6.37. The molecular formula is C16H21ClF4N2. The maximum atomic E-state index is 14.6. The molecule has 0 amide bonds. The van der Waals surface area contributed by atoms with Crippen molar-refractivity contribution >= 4 is 11.6 Å². The van der Waals surface area contributed by atoms with Crippen LogP contribution in [0, 0.1) is 11.7 Å². The Kier molecular flexibility index (Phi) is 5.92. The number of hydrogen-bond acceptors (Lipinski definition) is 2. The quantitative estimate of drug-likeness (QED) is 0.803. The summed E-state index contributed by atoms with van der Waals surface area (Å²) in [5, 5.41) is 2.89. The summed E-state index contributed by atoms with van der Waals surface area (Å²) in [6, 6.07) is 1.23. The van der Waals surface area contributed by atoms with E-state index in [1.807, 2.05) is 18.7 Å². The molecule has 0 aliphatic carbocycles. The van der Waals surface area contributed by atoms with Crippen LogP contribution in [0.4, 0.5) is 17.6 Å². The number of piperazine rings is 1. The Balaban J connectivity index is 2.54. The van der Waals surface area contributed by atoms with Crippen LogP contribution < -0.4 is 5.32 Å². The van der Waals surface area contributed by atoms with Gasteiger partial charge in [-0.25, -0.2) is 4.39 Å². The fraction of sp³-hybridized carbons (Fsp3) is 0.625. The third kappa shape index (κ3) is 4.37. The second kappa shape index (κ2) is 7.36. The molecule has 2 rings (SSSR count). The largest absolute Gasteiger partial charge is 0.416 e. The van der Waals surface area contributed by atoms with Crippen molar-refractivity contribution in [3.63, 3.8) is 0 Å². The van der Waals surface area contributed by atoms with Crippen LogP contribution in [0.5, 0.6) is 0 Å². The van der Waals surface area contributed by atoms with E-state index < -0.39 is 23.6 Å². The predicted molar refractivity (Wildman–Crippen MR) is 83.1 cm³/mol. The average molecular weight is 353 g/mol. The van der Waals surface area contributed by atoms with E-state index in [9.17, 15) is 17.6 Å². The highest BCUT2D eigenvalue weighted by atomic mass is 35.5. The van der Waals surface area contributed by atoms with E-state index >= 15 is 0 Å². The van der Waals surface area contributed by atoms with Crippen LogP contribution in [0.3, 0.4) is 0 Å². The van der Waals surface area contributed by atoms with Gasteiger partial charge in [0, 0.05) is 37.8 Å². The van der Waals surface area contributed by atoms with Crippen molar-refractivity contribution in [3.05, 3.63) is 34.1 Å². The fourth-order valence-corrected chi connectivity index (χ4v) is 3.19. The molecule has 1 N–H and O–H groups in total. The number of alkyl halides is 3. The summed E-state index contributed by atoms with van der Waals surface area (Å²) in [5.74, 6) is -0.819. The Morgan fingerprint density at radius 3 is 2.35 bits per heavy atom. The van der Waals surface area contributed by atoms with Crippen molar-refractivity contribution in [1.82, 2.24) is 10.2 Å². The molecule has 0 spiro atoms. The van der Waals surface area contributed by atoms with Gasteiger partial charge in [-0.1, -0.05) is 25.4 Å². The van der Waals surface area contributed by atoms with E-state index in [1.54, 1.807) is 0 Å². The van der Waals surface area contributed by atoms with E-state index in [0.29, 0.717) is 32.6 Å². The van der Waals surface area contributed by atoms with Crippen LogP contribution in [0.1, 0.15) is 37.4 Å². The molecule has 1 aromatic rings. The lowest BCUT2D eigenvalue weighted by molar-refractivity contribution is -0.139. The molecule has 1 aliphatic heterocycles. The maximum absolute atomic E-state index is 14.6. The molecule has 1 aliphatic rings. The molecule has 0 saturated carbocycles. The van der Waals surface area contributed by atoms with Gasteiger partial charge in [-0.2, -0.15) is 13.2 Å². The molecule has 1 saturated heterocycles. The molecular weight excluding hydrogens is 332 g/mol. The zero-order valence-corrected chi connectivity index (χ0v) is 13.9. The highest BCUT2D eigenvalue weighted by molar-refractivity contribution is 6.30. The van der Waals surface area contributed by atoms with Gasteiger partial charge in [0.15, 0.2) is 0 Å². The molecule has 130 valence electrons. The second-order valence-electron chi connectivity index (χ2n) is 6.25. The van der Waals surface area contributed by atoms with Crippen LogP contribution in [-0.2, 0) is 6.18 Å². The van der Waals surface area contributed by atoms with Gasteiger partial charge >= 0.3 is 6.18 Å². The van der Waals surface area contributed by atoms with Crippen molar-refractivity contribution in [2.24, 2.45) is 5.92 Å². The standard InChI is InChI=1S/C16H21ClF4N2/c1-10(2)9-13(23-7-5-22-6-8-23)14-11(16(19,20)21)3-4-12(17)15(14)18/h3-4,10,13,22H,5-9H2,1-2H3/t13-/m0/s1. The number of nitrogens with one attached hydrogen (secondary N) is 1. The van der Waals surface area contributed by atoms with E-state index in [0.717, 1.165) is 12.1 Å². The number of nitrogens with zero attached hydrogens (tertiary/aromatic N) is 1. The first-order valence-corrected chi connectivity index (χ1v) is 8.09. The van der Waals surface area contributed by atoms with Gasteiger partial charge in [0.1, 0.15) is 5.82 Å². The zero-order valence-electron chi connectivity index (χ0n) is 13.2. The van der Waals surface area contributed by atoms with Gasteiger partial charge in [-0.3, -0.25) is 4.90 Å². The predicted octanol–water partition coefficient (Wildman–Crippen LogP) is 4.49. The minimum Gasteiger partial charge on any atom is -0.314 e. The smallest absolute Gasteiger partial charge is 0.314 e. The average Bonchev–Trinajstić information content (AvgIpc) is 2.47. The monoisotopic (exact) mass is 352 g/mol. The van der Waals surface area contributed by atoms with Gasteiger partial charge in [0.2, 0.25) is 0 Å². The first kappa shape index (κ1) is 18.5. The molecule has 0 aromatic heterocycles. The lowest BCUT2D eigenvalue weighted by Gasteiger charge is -2.37.